The van der Waals surface area contributed by atoms with Gasteiger partial charge in [-0.05, 0) is 54.6 Å². The van der Waals surface area contributed by atoms with Crippen LogP contribution in [0.4, 0.5) is 11.4 Å². The van der Waals surface area contributed by atoms with Gasteiger partial charge in [-0.15, -0.1) is 10.2 Å². The number of hydrogen-bond donors (Lipinski definition) is 2. The predicted octanol–water partition coefficient (Wildman–Crippen LogP) is 5.28. The number of benzene rings is 3. The van der Waals surface area contributed by atoms with Gasteiger partial charge < -0.3 is 10.6 Å². The molecule has 33 heavy (non-hydrogen) atoms. The van der Waals surface area contributed by atoms with E-state index in [-0.39, 0.29) is 17.6 Å². The summed E-state index contributed by atoms with van der Waals surface area (Å²) in [5.41, 5.74) is 2.96. The molecule has 4 aromatic rings. The van der Waals surface area contributed by atoms with Crippen molar-refractivity contribution >= 4 is 46.6 Å². The van der Waals surface area contributed by atoms with Crippen LogP contribution in [-0.2, 0) is 9.59 Å². The lowest BCUT2D eigenvalue weighted by Gasteiger charge is -2.11. The van der Waals surface area contributed by atoms with E-state index >= 15 is 0 Å². The Labute approximate surface area is 200 Å². The molecule has 0 atom stereocenters. The molecule has 0 aliphatic heterocycles. The number of thioether (sulfide) groups is 1. The summed E-state index contributed by atoms with van der Waals surface area (Å²) in [5, 5.41) is 15.5. The third kappa shape index (κ3) is 5.79. The van der Waals surface area contributed by atoms with Crippen LogP contribution < -0.4 is 10.6 Å². The standard InChI is InChI=1S/C24H20ClN5O2S/c1-16(31)26-19-6-5-7-20(14-19)27-22(32)15-33-24-29-28-23(17-10-12-18(25)13-11-17)30(24)21-8-3-2-4-9-21/h2-14H,15H2,1H3,(H,26,31)(H,27,32). The molecule has 1 heterocycles. The van der Waals surface area contributed by atoms with Crippen molar-refractivity contribution < 1.29 is 9.59 Å². The molecule has 0 bridgehead atoms. The Bertz CT molecular complexity index is 1280. The van der Waals surface area contributed by atoms with Crippen LogP contribution in [0, 0.1) is 0 Å². The molecule has 0 aliphatic carbocycles. The second kappa shape index (κ2) is 10.3. The van der Waals surface area contributed by atoms with Crippen LogP contribution in [0.25, 0.3) is 17.1 Å². The minimum Gasteiger partial charge on any atom is -0.326 e. The molecule has 9 heteroatoms. The van der Waals surface area contributed by atoms with Gasteiger partial charge in [0.2, 0.25) is 11.8 Å². The summed E-state index contributed by atoms with van der Waals surface area (Å²) < 4.78 is 1.92. The van der Waals surface area contributed by atoms with Gasteiger partial charge in [-0.1, -0.05) is 47.6 Å². The summed E-state index contributed by atoms with van der Waals surface area (Å²) in [6, 6.07) is 24.1. The molecule has 3 aromatic carbocycles. The van der Waals surface area contributed by atoms with Gasteiger partial charge in [-0.25, -0.2) is 0 Å². The molecular formula is C24H20ClN5O2S. The van der Waals surface area contributed by atoms with Gasteiger partial charge in [0.25, 0.3) is 0 Å². The number of rotatable bonds is 7. The fourth-order valence-electron chi connectivity index (χ4n) is 3.16. The van der Waals surface area contributed by atoms with Gasteiger partial charge >= 0.3 is 0 Å². The first kappa shape index (κ1) is 22.6. The normalized spacial score (nSPS) is 10.6. The molecule has 4 rings (SSSR count). The quantitative estimate of drug-likeness (QED) is 0.354. The zero-order chi connectivity index (χ0) is 23.2. The lowest BCUT2D eigenvalue weighted by molar-refractivity contribution is -0.114. The van der Waals surface area contributed by atoms with Crippen LogP contribution in [0.5, 0.6) is 0 Å². The molecule has 2 N–H and O–H groups in total. The molecule has 2 amide bonds. The van der Waals surface area contributed by atoms with E-state index in [1.807, 2.05) is 47.0 Å². The van der Waals surface area contributed by atoms with Gasteiger partial charge in [0.15, 0.2) is 11.0 Å². The van der Waals surface area contributed by atoms with Gasteiger partial charge in [-0.3, -0.25) is 14.2 Å². The van der Waals surface area contributed by atoms with E-state index in [4.69, 9.17) is 11.6 Å². The Morgan fingerprint density at radius 1 is 0.909 bits per heavy atom. The Morgan fingerprint density at radius 2 is 1.61 bits per heavy atom. The number of amides is 2. The number of aromatic nitrogens is 3. The highest BCUT2D eigenvalue weighted by Gasteiger charge is 2.17. The lowest BCUT2D eigenvalue weighted by Crippen LogP contribution is -2.15. The maximum absolute atomic E-state index is 12.6. The maximum Gasteiger partial charge on any atom is 0.234 e. The molecule has 0 spiro atoms. The summed E-state index contributed by atoms with van der Waals surface area (Å²) in [6.07, 6.45) is 0. The SMILES string of the molecule is CC(=O)Nc1cccc(NC(=O)CSc2nnc(-c3ccc(Cl)cc3)n2-c2ccccc2)c1. The van der Waals surface area contributed by atoms with Crippen molar-refractivity contribution in [3.8, 4) is 17.1 Å². The van der Waals surface area contributed by atoms with Crippen LogP contribution in [-0.4, -0.2) is 32.3 Å². The van der Waals surface area contributed by atoms with Crippen LogP contribution >= 0.6 is 23.4 Å². The monoisotopic (exact) mass is 477 g/mol. The first-order valence-electron chi connectivity index (χ1n) is 10.1. The van der Waals surface area contributed by atoms with E-state index < -0.39 is 0 Å². The van der Waals surface area contributed by atoms with Gasteiger partial charge in [0, 0.05) is 34.6 Å². The molecule has 0 unspecified atom stereocenters. The topological polar surface area (TPSA) is 88.9 Å². The lowest BCUT2D eigenvalue weighted by atomic mass is 10.2. The van der Waals surface area contributed by atoms with E-state index in [9.17, 15) is 9.59 Å². The number of anilines is 2. The van der Waals surface area contributed by atoms with Crippen molar-refractivity contribution in [3.05, 3.63) is 83.9 Å². The van der Waals surface area contributed by atoms with E-state index in [1.165, 1.54) is 18.7 Å². The Kier molecular flexibility index (Phi) is 7.07. The van der Waals surface area contributed by atoms with E-state index in [1.54, 1.807) is 36.4 Å². The second-order valence-electron chi connectivity index (χ2n) is 7.08. The highest BCUT2D eigenvalue weighted by atomic mass is 35.5. The average molecular weight is 478 g/mol. The van der Waals surface area contributed by atoms with Crippen LogP contribution in [0.2, 0.25) is 5.02 Å². The second-order valence-corrected chi connectivity index (χ2v) is 8.46. The van der Waals surface area contributed by atoms with E-state index in [2.05, 4.69) is 20.8 Å². The van der Waals surface area contributed by atoms with Gasteiger partial charge in [0.1, 0.15) is 0 Å². The number of nitrogens with one attached hydrogen (secondary N) is 2. The number of carbonyl (C=O) groups is 2. The minimum atomic E-state index is -0.198. The van der Waals surface area contributed by atoms with Crippen molar-refractivity contribution in [2.75, 3.05) is 16.4 Å². The zero-order valence-electron chi connectivity index (χ0n) is 17.7. The number of nitrogens with zero attached hydrogens (tertiary/aromatic N) is 3. The Balaban J connectivity index is 1.53. The largest absolute Gasteiger partial charge is 0.326 e. The smallest absolute Gasteiger partial charge is 0.234 e. The molecule has 7 nitrogen and oxygen atoms in total. The first-order valence-corrected chi connectivity index (χ1v) is 11.4. The van der Waals surface area contributed by atoms with Gasteiger partial charge in [-0.2, -0.15) is 0 Å². The Hall–Kier alpha value is -3.62. The van der Waals surface area contributed by atoms with Crippen LogP contribution in [0.1, 0.15) is 6.92 Å². The molecule has 0 aliphatic rings. The van der Waals surface area contributed by atoms with Crippen molar-refractivity contribution in [2.24, 2.45) is 0 Å². The number of para-hydroxylation sites is 1. The maximum atomic E-state index is 12.6. The van der Waals surface area contributed by atoms with Crippen LogP contribution in [0.15, 0.2) is 84.0 Å². The fourth-order valence-corrected chi connectivity index (χ4v) is 4.04. The summed E-state index contributed by atoms with van der Waals surface area (Å²) in [5.74, 6) is 0.417. The fraction of sp³-hybridized carbons (Fsp3) is 0.0833. The molecule has 0 fully saturated rings. The van der Waals surface area contributed by atoms with Crippen molar-refractivity contribution in [1.82, 2.24) is 14.8 Å². The molecule has 0 saturated heterocycles. The summed E-state index contributed by atoms with van der Waals surface area (Å²) in [7, 11) is 0. The third-order valence-corrected chi connectivity index (χ3v) is 5.73. The number of carbonyl (C=O) groups excluding carboxylic acids is 2. The third-order valence-electron chi connectivity index (χ3n) is 4.55. The minimum absolute atomic E-state index is 0.135. The molecule has 0 saturated carbocycles. The summed E-state index contributed by atoms with van der Waals surface area (Å²) in [6.45, 7) is 1.43. The van der Waals surface area contributed by atoms with E-state index in [0.29, 0.717) is 27.4 Å². The predicted molar refractivity (Wildman–Crippen MR) is 132 cm³/mol. The average Bonchev–Trinajstić information content (AvgIpc) is 3.22. The summed E-state index contributed by atoms with van der Waals surface area (Å²) >= 11 is 7.32. The molecule has 1 aromatic heterocycles. The Morgan fingerprint density at radius 3 is 2.30 bits per heavy atom. The van der Waals surface area contributed by atoms with Crippen LogP contribution in [0.3, 0.4) is 0 Å². The summed E-state index contributed by atoms with van der Waals surface area (Å²) in [4.78, 5) is 23.8. The molecule has 0 radical (unpaired) electrons. The molecule has 166 valence electrons. The highest BCUT2D eigenvalue weighted by molar-refractivity contribution is 7.99. The van der Waals surface area contributed by atoms with E-state index in [0.717, 1.165) is 11.3 Å². The van der Waals surface area contributed by atoms with Gasteiger partial charge in [0.05, 0.1) is 5.75 Å². The zero-order valence-corrected chi connectivity index (χ0v) is 19.2. The number of hydrogen-bond acceptors (Lipinski definition) is 5. The molecular weight excluding hydrogens is 458 g/mol. The first-order chi connectivity index (χ1) is 16.0. The van der Waals surface area contributed by atoms with Crippen molar-refractivity contribution in [1.29, 1.82) is 0 Å². The van der Waals surface area contributed by atoms with Crippen molar-refractivity contribution in [2.45, 2.75) is 12.1 Å². The highest BCUT2D eigenvalue weighted by Crippen LogP contribution is 2.29. The number of halogens is 1. The van der Waals surface area contributed by atoms with Crippen molar-refractivity contribution in [3.63, 3.8) is 0 Å².